The van der Waals surface area contributed by atoms with Crippen molar-refractivity contribution in [1.82, 2.24) is 4.98 Å². The van der Waals surface area contributed by atoms with E-state index in [2.05, 4.69) is 4.98 Å². The highest BCUT2D eigenvalue weighted by molar-refractivity contribution is 6.31. The molecule has 3 rings (SSSR count). The summed E-state index contributed by atoms with van der Waals surface area (Å²) in [6.07, 6.45) is 0.778. The number of nitrogens with zero attached hydrogens (tertiary/aromatic N) is 3. The van der Waals surface area contributed by atoms with Crippen LogP contribution in [0.1, 0.15) is 26.3 Å². The molecule has 0 saturated heterocycles. The molecule has 31 heavy (non-hydrogen) atoms. The Hall–Kier alpha value is -2.94. The van der Waals surface area contributed by atoms with Crippen molar-refractivity contribution < 1.29 is 27.8 Å². The number of benzene rings is 1. The van der Waals surface area contributed by atoms with Crippen molar-refractivity contribution >= 4 is 35.0 Å². The van der Waals surface area contributed by atoms with Crippen LogP contribution >= 0.6 is 11.6 Å². The molecule has 2 amide bonds. The second-order valence-electron chi connectivity index (χ2n) is 8.00. The molecular weight excluding hydrogens is 432 g/mol. The molecule has 0 bridgehead atoms. The number of methoxy groups -OCH3 is 1. The molecule has 1 aliphatic heterocycles. The Kier molecular flexibility index (Phi) is 6.09. The summed E-state index contributed by atoms with van der Waals surface area (Å²) in [4.78, 5) is 32.7. The Morgan fingerprint density at radius 3 is 2.55 bits per heavy atom. The van der Waals surface area contributed by atoms with E-state index >= 15 is 0 Å². The number of carbonyl (C=O) groups excluding carboxylic acids is 2. The monoisotopic (exact) mass is 453 g/mol. The first kappa shape index (κ1) is 22.7. The second kappa shape index (κ2) is 8.30. The van der Waals surface area contributed by atoms with Crippen LogP contribution in [0.4, 0.5) is 25.0 Å². The van der Waals surface area contributed by atoms with Gasteiger partial charge in [0, 0.05) is 31.3 Å². The van der Waals surface area contributed by atoms with E-state index in [1.807, 2.05) is 0 Å². The van der Waals surface area contributed by atoms with E-state index in [4.69, 9.17) is 21.1 Å². The van der Waals surface area contributed by atoms with Crippen LogP contribution in [0.3, 0.4) is 0 Å². The Morgan fingerprint density at radius 1 is 1.26 bits per heavy atom. The Balaban J connectivity index is 2.02. The predicted octanol–water partition coefficient (Wildman–Crippen LogP) is 4.35. The van der Waals surface area contributed by atoms with Gasteiger partial charge in [-0.2, -0.15) is 0 Å². The topological polar surface area (TPSA) is 72.0 Å². The van der Waals surface area contributed by atoms with Gasteiger partial charge in [0.05, 0.1) is 23.5 Å². The lowest BCUT2D eigenvalue weighted by Crippen LogP contribution is -2.50. The van der Waals surface area contributed by atoms with Crippen LogP contribution in [0.2, 0.25) is 5.02 Å². The number of anilines is 2. The lowest BCUT2D eigenvalue weighted by atomic mass is 10.1. The molecule has 2 aromatic rings. The van der Waals surface area contributed by atoms with Gasteiger partial charge in [0.2, 0.25) is 11.8 Å². The molecule has 1 aromatic heterocycles. The molecule has 0 fully saturated rings. The number of fused-ring (bicyclic) bond motifs is 1. The van der Waals surface area contributed by atoms with Crippen molar-refractivity contribution in [2.45, 2.75) is 38.8 Å². The number of ether oxygens (including phenoxy) is 2. The molecule has 0 aliphatic carbocycles. The quantitative estimate of drug-likeness (QED) is 0.646. The zero-order valence-electron chi connectivity index (χ0n) is 17.7. The van der Waals surface area contributed by atoms with E-state index in [1.165, 1.54) is 25.3 Å². The van der Waals surface area contributed by atoms with E-state index in [0.29, 0.717) is 17.3 Å². The van der Waals surface area contributed by atoms with Crippen molar-refractivity contribution in [3.8, 4) is 5.88 Å². The number of amides is 2. The van der Waals surface area contributed by atoms with Gasteiger partial charge in [-0.3, -0.25) is 9.69 Å². The van der Waals surface area contributed by atoms with Crippen LogP contribution in [0.15, 0.2) is 24.4 Å². The van der Waals surface area contributed by atoms with E-state index in [1.54, 1.807) is 26.8 Å². The minimum Gasteiger partial charge on any atom is -0.481 e. The molecule has 2 heterocycles. The molecule has 10 heteroatoms. The van der Waals surface area contributed by atoms with E-state index in [9.17, 15) is 18.4 Å². The number of likely N-dealkylation sites (N-methyl/N-ethyl adjacent to an activating group) is 1. The van der Waals surface area contributed by atoms with Gasteiger partial charge in [-0.25, -0.2) is 18.6 Å². The van der Waals surface area contributed by atoms with E-state index in [0.717, 1.165) is 11.0 Å². The zero-order valence-corrected chi connectivity index (χ0v) is 18.5. The number of pyridine rings is 1. The predicted molar refractivity (Wildman–Crippen MR) is 112 cm³/mol. The largest absolute Gasteiger partial charge is 0.481 e. The molecule has 1 aliphatic rings. The molecule has 7 nitrogen and oxygen atoms in total. The molecule has 0 saturated carbocycles. The summed E-state index contributed by atoms with van der Waals surface area (Å²) in [6.45, 7) is 5.11. The van der Waals surface area contributed by atoms with Gasteiger partial charge in [-0.1, -0.05) is 11.6 Å². The lowest BCUT2D eigenvalue weighted by Gasteiger charge is -2.30. The van der Waals surface area contributed by atoms with Gasteiger partial charge < -0.3 is 14.4 Å². The number of carbonyl (C=O) groups is 2. The Labute approximate surface area is 183 Å². The number of aromatic nitrogens is 1. The maximum absolute atomic E-state index is 14.4. The Bertz CT molecular complexity index is 1040. The minimum atomic E-state index is -1.06. The molecule has 1 aromatic carbocycles. The first-order valence-electron chi connectivity index (χ1n) is 9.40. The van der Waals surface area contributed by atoms with Crippen molar-refractivity contribution in [2.75, 3.05) is 24.0 Å². The van der Waals surface area contributed by atoms with Crippen LogP contribution in [0.25, 0.3) is 0 Å². The van der Waals surface area contributed by atoms with Gasteiger partial charge in [0.15, 0.2) is 0 Å². The number of rotatable bonds is 3. The standard InChI is InChI=1S/C21H22ClF2N3O4/c1-21(2,3)31-20(29)27-15-6-7-25-18(30-5)11(15)8-17(27)19(28)26(4)16-9-12(22)13(23)10-14(16)24/h6-7,9-10,17H,8H2,1-5H3. The molecule has 1 atom stereocenters. The summed E-state index contributed by atoms with van der Waals surface area (Å²) in [5.74, 6) is -2.26. The maximum atomic E-state index is 14.4. The average Bonchev–Trinajstić information content (AvgIpc) is 3.08. The normalized spacial score (nSPS) is 15.5. The summed E-state index contributed by atoms with van der Waals surface area (Å²) >= 11 is 5.77. The molecule has 1 unspecified atom stereocenters. The van der Waals surface area contributed by atoms with Crippen molar-refractivity contribution in [3.63, 3.8) is 0 Å². The Morgan fingerprint density at radius 2 is 1.94 bits per heavy atom. The molecule has 0 N–H and O–H groups in total. The first-order valence-corrected chi connectivity index (χ1v) is 9.78. The fraction of sp³-hybridized carbons (Fsp3) is 0.381. The van der Waals surface area contributed by atoms with Crippen LogP contribution < -0.4 is 14.5 Å². The van der Waals surface area contributed by atoms with Gasteiger partial charge in [-0.15, -0.1) is 0 Å². The second-order valence-corrected chi connectivity index (χ2v) is 8.41. The van der Waals surface area contributed by atoms with Gasteiger partial charge >= 0.3 is 6.09 Å². The fourth-order valence-corrected chi connectivity index (χ4v) is 3.51. The highest BCUT2D eigenvalue weighted by Crippen LogP contribution is 2.39. The first-order chi connectivity index (χ1) is 14.4. The van der Waals surface area contributed by atoms with Gasteiger partial charge in [0.25, 0.3) is 0 Å². The van der Waals surface area contributed by atoms with Crippen LogP contribution in [-0.4, -0.2) is 42.8 Å². The van der Waals surface area contributed by atoms with Crippen LogP contribution in [-0.2, 0) is 16.0 Å². The smallest absolute Gasteiger partial charge is 0.415 e. The highest BCUT2D eigenvalue weighted by atomic mass is 35.5. The molecule has 0 spiro atoms. The van der Waals surface area contributed by atoms with Gasteiger partial charge in [0.1, 0.15) is 23.3 Å². The number of halogens is 3. The van der Waals surface area contributed by atoms with Crippen molar-refractivity contribution in [3.05, 3.63) is 46.6 Å². The highest BCUT2D eigenvalue weighted by Gasteiger charge is 2.43. The number of hydrogen-bond acceptors (Lipinski definition) is 5. The zero-order chi connectivity index (χ0) is 23.1. The summed E-state index contributed by atoms with van der Waals surface area (Å²) in [5.41, 5.74) is -0.0835. The number of hydrogen-bond donors (Lipinski definition) is 0. The third-order valence-electron chi connectivity index (χ3n) is 4.71. The third-order valence-corrected chi connectivity index (χ3v) is 5.00. The summed E-state index contributed by atoms with van der Waals surface area (Å²) in [7, 11) is 2.75. The maximum Gasteiger partial charge on any atom is 0.415 e. The third kappa shape index (κ3) is 4.41. The summed E-state index contributed by atoms with van der Waals surface area (Å²) in [5, 5.41) is -0.333. The van der Waals surface area contributed by atoms with E-state index < -0.39 is 35.3 Å². The van der Waals surface area contributed by atoms with Crippen molar-refractivity contribution in [1.29, 1.82) is 0 Å². The summed E-state index contributed by atoms with van der Waals surface area (Å²) < 4.78 is 38.7. The SMILES string of the molecule is COc1nccc2c1CC(C(=O)N(C)c1cc(Cl)c(F)cc1F)N2C(=O)OC(C)(C)C. The molecule has 166 valence electrons. The van der Waals surface area contributed by atoms with Crippen molar-refractivity contribution in [2.24, 2.45) is 0 Å². The van der Waals surface area contributed by atoms with E-state index in [-0.39, 0.29) is 23.0 Å². The average molecular weight is 454 g/mol. The molecule has 0 radical (unpaired) electrons. The fourth-order valence-electron chi connectivity index (χ4n) is 3.36. The van der Waals surface area contributed by atoms with Gasteiger partial charge in [-0.05, 0) is 32.9 Å². The van der Waals surface area contributed by atoms with Crippen LogP contribution in [0.5, 0.6) is 5.88 Å². The molecular formula is C21H22ClF2N3O4. The summed E-state index contributed by atoms with van der Waals surface area (Å²) in [6, 6.07) is 2.14. The lowest BCUT2D eigenvalue weighted by molar-refractivity contribution is -0.119. The van der Waals surface area contributed by atoms with Crippen LogP contribution in [0, 0.1) is 11.6 Å². The minimum absolute atomic E-state index is 0.0747.